The molecule has 0 bridgehead atoms. The van der Waals surface area contributed by atoms with Gasteiger partial charge in [0.05, 0.1) is 0 Å². The van der Waals surface area contributed by atoms with Crippen molar-refractivity contribution in [2.45, 2.75) is 67.2 Å². The molecule has 0 saturated carbocycles. The first-order valence-electron chi connectivity index (χ1n) is 7.48. The molecule has 0 aliphatic rings. The van der Waals surface area contributed by atoms with E-state index in [1.165, 1.54) is 36.8 Å². The van der Waals surface area contributed by atoms with E-state index in [-0.39, 0.29) is 0 Å². The molecular formula is C18H32. The zero-order valence-corrected chi connectivity index (χ0v) is 13.3. The summed E-state index contributed by atoms with van der Waals surface area (Å²) in [6.45, 7) is 13.6. The van der Waals surface area contributed by atoms with E-state index in [9.17, 15) is 0 Å². The van der Waals surface area contributed by atoms with Crippen LogP contribution >= 0.6 is 0 Å². The topological polar surface area (TPSA) is 0 Å². The molecule has 0 aromatic heterocycles. The highest BCUT2D eigenvalue weighted by Crippen LogP contribution is 2.16. The van der Waals surface area contributed by atoms with Crippen LogP contribution in [0.2, 0.25) is 0 Å². The van der Waals surface area contributed by atoms with Crippen LogP contribution in [-0.2, 0) is 0 Å². The molecule has 0 amide bonds. The van der Waals surface area contributed by atoms with Crippen molar-refractivity contribution in [2.24, 2.45) is 11.8 Å². The zero-order valence-electron chi connectivity index (χ0n) is 13.3. The van der Waals surface area contributed by atoms with Crippen LogP contribution in [0.15, 0.2) is 35.5 Å². The molecule has 0 radical (unpaired) electrons. The number of allylic oxidation sites excluding steroid dienone is 6. The van der Waals surface area contributed by atoms with E-state index in [4.69, 9.17) is 0 Å². The fraction of sp³-hybridized carbons (Fsp3) is 0.667. The number of hydrogen-bond acceptors (Lipinski definition) is 0. The summed E-state index contributed by atoms with van der Waals surface area (Å²) >= 11 is 0. The van der Waals surface area contributed by atoms with Crippen molar-refractivity contribution in [1.29, 1.82) is 0 Å². The first kappa shape index (κ1) is 17.2. The maximum atomic E-state index is 2.38. The Kier molecular flexibility index (Phi) is 9.73. The van der Waals surface area contributed by atoms with E-state index >= 15 is 0 Å². The third-order valence-electron chi connectivity index (χ3n) is 2.77. The van der Waals surface area contributed by atoms with Crippen molar-refractivity contribution in [3.63, 3.8) is 0 Å². The van der Waals surface area contributed by atoms with Gasteiger partial charge in [-0.05, 0) is 43.6 Å². The molecule has 0 heterocycles. The number of hydrogen-bond donors (Lipinski definition) is 0. The quantitative estimate of drug-likeness (QED) is 0.442. The highest BCUT2D eigenvalue weighted by molar-refractivity contribution is 5.27. The minimum absolute atomic E-state index is 0.723. The Balaban J connectivity index is 4.61. The Morgan fingerprint density at radius 1 is 1.06 bits per heavy atom. The van der Waals surface area contributed by atoms with Gasteiger partial charge < -0.3 is 0 Å². The lowest BCUT2D eigenvalue weighted by atomic mass is 9.99. The van der Waals surface area contributed by atoms with Gasteiger partial charge in [0.25, 0.3) is 0 Å². The fourth-order valence-corrected chi connectivity index (χ4v) is 1.97. The van der Waals surface area contributed by atoms with Crippen LogP contribution in [0.1, 0.15) is 67.2 Å². The monoisotopic (exact) mass is 248 g/mol. The third kappa shape index (κ3) is 10.4. The van der Waals surface area contributed by atoms with Gasteiger partial charge in [0.2, 0.25) is 0 Å². The van der Waals surface area contributed by atoms with Gasteiger partial charge in [-0.3, -0.25) is 0 Å². The first-order valence-corrected chi connectivity index (χ1v) is 7.48. The highest BCUT2D eigenvalue weighted by atomic mass is 14.0. The van der Waals surface area contributed by atoms with Crippen LogP contribution in [0.5, 0.6) is 0 Å². The van der Waals surface area contributed by atoms with Gasteiger partial charge in [-0.2, -0.15) is 0 Å². The van der Waals surface area contributed by atoms with Crippen molar-refractivity contribution < 1.29 is 0 Å². The van der Waals surface area contributed by atoms with E-state index < -0.39 is 0 Å². The molecule has 0 saturated heterocycles. The van der Waals surface area contributed by atoms with Crippen LogP contribution in [-0.4, -0.2) is 0 Å². The summed E-state index contributed by atoms with van der Waals surface area (Å²) in [5.74, 6) is 1.47. The van der Waals surface area contributed by atoms with E-state index in [1.54, 1.807) is 0 Å². The van der Waals surface area contributed by atoms with E-state index in [0.717, 1.165) is 11.8 Å². The van der Waals surface area contributed by atoms with Gasteiger partial charge in [-0.15, -0.1) is 0 Å². The van der Waals surface area contributed by atoms with Crippen molar-refractivity contribution in [3.8, 4) is 0 Å². The van der Waals surface area contributed by atoms with E-state index in [0.29, 0.717) is 0 Å². The smallest absolute Gasteiger partial charge is 0.0256 e. The number of rotatable bonds is 8. The van der Waals surface area contributed by atoms with Crippen LogP contribution in [0.4, 0.5) is 0 Å². The second-order valence-corrected chi connectivity index (χ2v) is 6.14. The van der Waals surface area contributed by atoms with Crippen molar-refractivity contribution in [2.75, 3.05) is 0 Å². The highest BCUT2D eigenvalue weighted by Gasteiger charge is 1.99. The summed E-state index contributed by atoms with van der Waals surface area (Å²) < 4.78 is 0. The molecule has 104 valence electrons. The van der Waals surface area contributed by atoms with Crippen molar-refractivity contribution in [1.82, 2.24) is 0 Å². The van der Waals surface area contributed by atoms with Gasteiger partial charge in [0.1, 0.15) is 0 Å². The molecule has 0 aromatic carbocycles. The van der Waals surface area contributed by atoms with Gasteiger partial charge in [-0.1, -0.05) is 70.9 Å². The van der Waals surface area contributed by atoms with Gasteiger partial charge in [-0.25, -0.2) is 0 Å². The van der Waals surface area contributed by atoms with Crippen LogP contribution < -0.4 is 0 Å². The zero-order chi connectivity index (χ0) is 14.0. The lowest BCUT2D eigenvalue weighted by Crippen LogP contribution is -1.90. The average Bonchev–Trinajstić information content (AvgIpc) is 2.23. The Hall–Kier alpha value is -0.780. The Morgan fingerprint density at radius 2 is 1.72 bits per heavy atom. The Bertz CT molecular complexity index is 287. The molecule has 0 spiro atoms. The molecule has 0 aliphatic carbocycles. The molecule has 0 aromatic rings. The minimum atomic E-state index is 0.723. The molecule has 0 nitrogen and oxygen atoms in total. The molecule has 0 rings (SSSR count). The van der Waals surface area contributed by atoms with E-state index in [1.807, 2.05) is 0 Å². The van der Waals surface area contributed by atoms with Gasteiger partial charge in [0, 0.05) is 0 Å². The molecule has 0 fully saturated rings. The summed E-state index contributed by atoms with van der Waals surface area (Å²) in [5.41, 5.74) is 2.97. The fourth-order valence-electron chi connectivity index (χ4n) is 1.97. The van der Waals surface area contributed by atoms with Crippen molar-refractivity contribution in [3.05, 3.63) is 35.5 Å². The van der Waals surface area contributed by atoms with Crippen LogP contribution in [0, 0.1) is 11.8 Å². The summed E-state index contributed by atoms with van der Waals surface area (Å²) in [6, 6.07) is 0. The summed E-state index contributed by atoms with van der Waals surface area (Å²) in [6.07, 6.45) is 14.0. The lowest BCUT2D eigenvalue weighted by molar-refractivity contribution is 0.648. The lowest BCUT2D eigenvalue weighted by Gasteiger charge is -2.07. The average molecular weight is 248 g/mol. The normalized spacial score (nSPS) is 14.2. The second-order valence-electron chi connectivity index (χ2n) is 6.14. The Morgan fingerprint density at radius 3 is 2.22 bits per heavy atom. The third-order valence-corrected chi connectivity index (χ3v) is 2.77. The molecule has 18 heavy (non-hydrogen) atoms. The Labute approximate surface area is 115 Å². The summed E-state index contributed by atoms with van der Waals surface area (Å²) in [5, 5.41) is 0. The van der Waals surface area contributed by atoms with Crippen molar-refractivity contribution >= 4 is 0 Å². The summed E-state index contributed by atoms with van der Waals surface area (Å²) in [7, 11) is 0. The minimum Gasteiger partial charge on any atom is -0.0843 e. The molecular weight excluding hydrogens is 216 g/mol. The van der Waals surface area contributed by atoms with Gasteiger partial charge >= 0.3 is 0 Å². The molecule has 0 unspecified atom stereocenters. The summed E-state index contributed by atoms with van der Waals surface area (Å²) in [4.78, 5) is 0. The van der Waals surface area contributed by atoms with Crippen LogP contribution in [0.3, 0.4) is 0 Å². The van der Waals surface area contributed by atoms with E-state index in [2.05, 4.69) is 65.8 Å². The largest absolute Gasteiger partial charge is 0.0843 e. The predicted molar refractivity (Wildman–Crippen MR) is 84.8 cm³/mol. The SMILES string of the molecule is CCCC(C)=CC(=CC=CCC(C)C)CC(C)C. The molecule has 0 N–H and O–H groups in total. The molecule has 0 atom stereocenters. The first-order chi connectivity index (χ1) is 8.45. The standard InChI is InChI=1S/C18H32/c1-7-10-17(6)14-18(13-16(4)5)12-9-8-11-15(2)3/h8-9,12,14-16H,7,10-11,13H2,1-6H3. The van der Waals surface area contributed by atoms with Gasteiger partial charge in [0.15, 0.2) is 0 Å². The van der Waals surface area contributed by atoms with Crippen LogP contribution in [0.25, 0.3) is 0 Å². The maximum Gasteiger partial charge on any atom is -0.0256 e. The second kappa shape index (κ2) is 10.2. The molecule has 0 heteroatoms. The maximum absolute atomic E-state index is 2.38. The predicted octanol–water partition coefficient (Wildman–Crippen LogP) is 6.31. The molecule has 0 aliphatic heterocycles.